The van der Waals surface area contributed by atoms with Crippen LogP contribution in [0.5, 0.6) is 0 Å². The van der Waals surface area contributed by atoms with Gasteiger partial charge in [-0.25, -0.2) is 13.1 Å². The molecule has 3 rings (SSSR count). The predicted octanol–water partition coefficient (Wildman–Crippen LogP) is 2.88. The van der Waals surface area contributed by atoms with Gasteiger partial charge in [-0.1, -0.05) is 32.0 Å². The molecule has 0 bridgehead atoms. The third-order valence-corrected chi connectivity index (χ3v) is 6.27. The summed E-state index contributed by atoms with van der Waals surface area (Å²) in [6.07, 6.45) is 3.73. The van der Waals surface area contributed by atoms with Crippen molar-refractivity contribution >= 4 is 20.9 Å². The molecule has 136 valence electrons. The van der Waals surface area contributed by atoms with E-state index in [1.807, 2.05) is 18.2 Å². The van der Waals surface area contributed by atoms with E-state index >= 15 is 0 Å². The van der Waals surface area contributed by atoms with E-state index in [0.29, 0.717) is 12.1 Å². The number of benzene rings is 1. The first-order valence-electron chi connectivity index (χ1n) is 9.01. The maximum atomic E-state index is 12.6. The number of nitrogens with one attached hydrogen (secondary N) is 1. The number of sulfonamides is 1. The van der Waals surface area contributed by atoms with Crippen molar-refractivity contribution in [1.29, 1.82) is 0 Å². The molecular weight excluding hydrogens is 334 g/mol. The van der Waals surface area contributed by atoms with E-state index < -0.39 is 10.0 Å². The van der Waals surface area contributed by atoms with Crippen molar-refractivity contribution in [1.82, 2.24) is 14.6 Å². The van der Waals surface area contributed by atoms with Gasteiger partial charge in [-0.3, -0.25) is 4.98 Å². The van der Waals surface area contributed by atoms with Gasteiger partial charge in [-0.2, -0.15) is 0 Å². The van der Waals surface area contributed by atoms with Crippen molar-refractivity contribution in [2.24, 2.45) is 11.8 Å². The topological polar surface area (TPSA) is 62.3 Å². The van der Waals surface area contributed by atoms with Gasteiger partial charge in [0.25, 0.3) is 0 Å². The van der Waals surface area contributed by atoms with Gasteiger partial charge in [0.05, 0.1) is 5.52 Å². The van der Waals surface area contributed by atoms with E-state index in [9.17, 15) is 8.42 Å². The second-order valence-electron chi connectivity index (χ2n) is 7.29. The summed E-state index contributed by atoms with van der Waals surface area (Å²) >= 11 is 0. The summed E-state index contributed by atoms with van der Waals surface area (Å²) in [5, 5.41) is 0.835. The van der Waals surface area contributed by atoms with Crippen molar-refractivity contribution < 1.29 is 8.42 Å². The average molecular weight is 362 g/mol. The molecule has 0 saturated carbocycles. The van der Waals surface area contributed by atoms with E-state index in [-0.39, 0.29) is 4.90 Å². The van der Waals surface area contributed by atoms with Gasteiger partial charge in [0.1, 0.15) is 4.90 Å². The van der Waals surface area contributed by atoms with Crippen molar-refractivity contribution in [2.75, 3.05) is 26.2 Å². The Morgan fingerprint density at radius 3 is 2.64 bits per heavy atom. The normalized spacial score (nSPS) is 22.3. The van der Waals surface area contributed by atoms with Crippen LogP contribution in [-0.4, -0.2) is 44.5 Å². The molecule has 1 saturated heterocycles. The zero-order chi connectivity index (χ0) is 17.9. The van der Waals surface area contributed by atoms with E-state index in [1.54, 1.807) is 18.3 Å². The van der Waals surface area contributed by atoms with E-state index in [1.165, 1.54) is 6.42 Å². The molecule has 0 spiro atoms. The molecule has 1 aliphatic rings. The minimum Gasteiger partial charge on any atom is -0.303 e. The van der Waals surface area contributed by atoms with E-state index in [0.717, 1.165) is 43.3 Å². The number of hydrogen-bond donors (Lipinski definition) is 1. The molecule has 0 amide bonds. The van der Waals surface area contributed by atoms with Crippen LogP contribution in [0.4, 0.5) is 0 Å². The average Bonchev–Trinajstić information content (AvgIpc) is 2.57. The molecule has 1 aromatic carbocycles. The molecule has 25 heavy (non-hydrogen) atoms. The van der Waals surface area contributed by atoms with Crippen LogP contribution < -0.4 is 4.72 Å². The van der Waals surface area contributed by atoms with Crippen molar-refractivity contribution in [3.05, 3.63) is 36.5 Å². The minimum absolute atomic E-state index is 0.255. The van der Waals surface area contributed by atoms with Crippen LogP contribution in [-0.2, 0) is 10.0 Å². The number of pyridine rings is 1. The first kappa shape index (κ1) is 18.3. The molecule has 1 N–H and O–H groups in total. The number of piperidine rings is 1. The van der Waals surface area contributed by atoms with E-state index in [4.69, 9.17) is 0 Å². The smallest absolute Gasteiger partial charge is 0.242 e. The summed E-state index contributed by atoms with van der Waals surface area (Å²) in [7, 11) is -3.54. The third kappa shape index (κ3) is 4.57. The Bertz CT molecular complexity index is 807. The molecular formula is C19H27N3O2S. The molecule has 2 atom stereocenters. The SMILES string of the molecule is CC1CC(C)CN(CCCNS(=O)(=O)c2cccc3cccnc23)C1. The number of hydrogen-bond acceptors (Lipinski definition) is 4. The molecule has 1 fully saturated rings. The lowest BCUT2D eigenvalue weighted by Crippen LogP contribution is -2.40. The predicted molar refractivity (Wildman–Crippen MR) is 101 cm³/mol. The second-order valence-corrected chi connectivity index (χ2v) is 9.02. The lowest BCUT2D eigenvalue weighted by molar-refractivity contribution is 0.140. The Morgan fingerprint density at radius 2 is 1.88 bits per heavy atom. The standard InChI is InChI=1S/C19H27N3O2S/c1-15-12-16(2)14-22(13-15)11-5-10-21-25(23,24)18-8-3-6-17-7-4-9-20-19(17)18/h3-4,6-9,15-16,21H,5,10-14H2,1-2H3. The van der Waals surface area contributed by atoms with Gasteiger partial charge in [0.2, 0.25) is 10.0 Å². The maximum absolute atomic E-state index is 12.6. The summed E-state index contributed by atoms with van der Waals surface area (Å²) < 4.78 is 28.0. The number of aromatic nitrogens is 1. The van der Waals surface area contributed by atoms with Crippen LogP contribution >= 0.6 is 0 Å². The summed E-state index contributed by atoms with van der Waals surface area (Å²) in [6.45, 7) is 8.20. The number of rotatable bonds is 6. The first-order chi connectivity index (χ1) is 12.0. The number of likely N-dealkylation sites (tertiary alicyclic amines) is 1. The maximum Gasteiger partial charge on any atom is 0.242 e. The largest absolute Gasteiger partial charge is 0.303 e. The molecule has 0 aliphatic carbocycles. The highest BCUT2D eigenvalue weighted by molar-refractivity contribution is 7.89. The number of nitrogens with zero attached hydrogens (tertiary/aromatic N) is 2. The van der Waals surface area contributed by atoms with Gasteiger partial charge < -0.3 is 4.90 Å². The molecule has 5 nitrogen and oxygen atoms in total. The molecule has 2 heterocycles. The van der Waals surface area contributed by atoms with Crippen LogP contribution in [0.3, 0.4) is 0 Å². The Morgan fingerprint density at radius 1 is 1.16 bits per heavy atom. The highest BCUT2D eigenvalue weighted by Crippen LogP contribution is 2.22. The van der Waals surface area contributed by atoms with Crippen molar-refractivity contribution in [2.45, 2.75) is 31.6 Å². The van der Waals surface area contributed by atoms with Crippen LogP contribution in [0.2, 0.25) is 0 Å². The van der Waals surface area contributed by atoms with Gasteiger partial charge in [0, 0.05) is 31.2 Å². The second kappa shape index (κ2) is 7.81. The first-order valence-corrected chi connectivity index (χ1v) is 10.5. The molecule has 1 aromatic heterocycles. The van der Waals surface area contributed by atoms with E-state index in [2.05, 4.69) is 28.5 Å². The molecule has 1 aliphatic heterocycles. The lowest BCUT2D eigenvalue weighted by Gasteiger charge is -2.34. The Balaban J connectivity index is 1.59. The Hall–Kier alpha value is -1.50. The third-order valence-electron chi connectivity index (χ3n) is 4.77. The highest BCUT2D eigenvalue weighted by atomic mass is 32.2. The fourth-order valence-electron chi connectivity index (χ4n) is 3.85. The number of para-hydroxylation sites is 1. The fourth-order valence-corrected chi connectivity index (χ4v) is 5.11. The molecule has 2 unspecified atom stereocenters. The van der Waals surface area contributed by atoms with Crippen molar-refractivity contribution in [3.8, 4) is 0 Å². The summed E-state index contributed by atoms with van der Waals surface area (Å²) in [5.41, 5.74) is 0.524. The van der Waals surface area contributed by atoms with Crippen LogP contribution in [0.1, 0.15) is 26.7 Å². The molecule has 2 aromatic rings. The van der Waals surface area contributed by atoms with Gasteiger partial charge in [0.15, 0.2) is 0 Å². The summed E-state index contributed by atoms with van der Waals surface area (Å²) in [6, 6.07) is 8.94. The summed E-state index contributed by atoms with van der Waals surface area (Å²) in [5.74, 6) is 1.45. The van der Waals surface area contributed by atoms with Crippen LogP contribution in [0, 0.1) is 11.8 Å². The van der Waals surface area contributed by atoms with Crippen molar-refractivity contribution in [3.63, 3.8) is 0 Å². The quantitative estimate of drug-likeness (QED) is 0.804. The monoisotopic (exact) mass is 361 g/mol. The number of fused-ring (bicyclic) bond motifs is 1. The zero-order valence-corrected chi connectivity index (χ0v) is 15.8. The lowest BCUT2D eigenvalue weighted by atomic mass is 9.92. The highest BCUT2D eigenvalue weighted by Gasteiger charge is 2.22. The minimum atomic E-state index is -3.54. The molecule has 6 heteroatoms. The fraction of sp³-hybridized carbons (Fsp3) is 0.526. The van der Waals surface area contributed by atoms with Crippen LogP contribution in [0.15, 0.2) is 41.4 Å². The Labute approximate surface area is 150 Å². The van der Waals surface area contributed by atoms with Gasteiger partial charge >= 0.3 is 0 Å². The summed E-state index contributed by atoms with van der Waals surface area (Å²) in [4.78, 5) is 6.94. The molecule has 0 radical (unpaired) electrons. The van der Waals surface area contributed by atoms with Gasteiger partial charge in [-0.05, 0) is 43.4 Å². The van der Waals surface area contributed by atoms with Crippen LogP contribution in [0.25, 0.3) is 10.9 Å². The zero-order valence-electron chi connectivity index (χ0n) is 15.0. The Kier molecular flexibility index (Phi) is 5.71. The van der Waals surface area contributed by atoms with Gasteiger partial charge in [-0.15, -0.1) is 0 Å².